The van der Waals surface area contributed by atoms with Crippen molar-refractivity contribution in [2.75, 3.05) is 4.90 Å². The highest BCUT2D eigenvalue weighted by Crippen LogP contribution is 2.89. The van der Waals surface area contributed by atoms with Crippen LogP contribution in [0.15, 0.2) is 188 Å². The summed E-state index contributed by atoms with van der Waals surface area (Å²) in [6, 6.07) is 70.2. The summed E-state index contributed by atoms with van der Waals surface area (Å²) >= 11 is 0. The zero-order chi connectivity index (χ0) is 45.7. The molecule has 1 heterocycles. The van der Waals surface area contributed by atoms with Gasteiger partial charge in [0.25, 0.3) is 0 Å². The van der Waals surface area contributed by atoms with Crippen molar-refractivity contribution in [3.63, 3.8) is 0 Å². The molecular weight excluding hydrogens is 845 g/mol. The molecule has 9 aromatic rings. The highest BCUT2D eigenvalue weighted by Gasteiger charge is 2.84. The van der Waals surface area contributed by atoms with E-state index in [1.54, 1.807) is 16.7 Å². The number of hydrogen-bond donors (Lipinski definition) is 0. The number of aromatic nitrogens is 1. The fourth-order valence-electron chi connectivity index (χ4n) is 17.5. The first kappa shape index (κ1) is 39.9. The van der Waals surface area contributed by atoms with Crippen molar-refractivity contribution in [3.05, 3.63) is 210 Å². The van der Waals surface area contributed by atoms with E-state index in [-0.39, 0.29) is 5.41 Å². The number of rotatable bonds is 7. The Hall–Kier alpha value is -6.90. The van der Waals surface area contributed by atoms with Gasteiger partial charge in [0.1, 0.15) is 0 Å². The molecule has 16 rings (SSSR count). The van der Waals surface area contributed by atoms with Gasteiger partial charge in [-0.05, 0) is 179 Å². The maximum absolute atomic E-state index is 2.70. The normalized spacial score (nSPS) is 26.4. The lowest BCUT2D eigenvalue weighted by molar-refractivity contribution is -0.231. The summed E-state index contributed by atoms with van der Waals surface area (Å²) in [6.45, 7) is 0. The molecule has 0 radical (unpaired) electrons. The van der Waals surface area contributed by atoms with Gasteiger partial charge in [-0.3, -0.25) is 0 Å². The van der Waals surface area contributed by atoms with Crippen LogP contribution in [0.3, 0.4) is 0 Å². The van der Waals surface area contributed by atoms with Gasteiger partial charge in [-0.2, -0.15) is 0 Å². The fourth-order valence-corrected chi connectivity index (χ4v) is 17.5. The summed E-state index contributed by atoms with van der Waals surface area (Å²) in [5, 5.41) is 2.53. The van der Waals surface area contributed by atoms with Crippen molar-refractivity contribution in [1.29, 1.82) is 0 Å². The van der Waals surface area contributed by atoms with E-state index < -0.39 is 0 Å². The first-order valence-corrected chi connectivity index (χ1v) is 26.8. The Morgan fingerprint density at radius 2 is 1.20 bits per heavy atom. The van der Waals surface area contributed by atoms with E-state index in [9.17, 15) is 0 Å². The second kappa shape index (κ2) is 14.8. The van der Waals surface area contributed by atoms with Crippen molar-refractivity contribution >= 4 is 44.9 Å². The smallest absolute Gasteiger partial charge is 0.0562 e. The number of fused-ring (bicyclic) bond motifs is 12. The van der Waals surface area contributed by atoms with Gasteiger partial charge in [-0.25, -0.2) is 0 Å². The highest BCUT2D eigenvalue weighted by atomic mass is 15.2. The van der Waals surface area contributed by atoms with Crippen LogP contribution in [0.1, 0.15) is 92.4 Å². The quantitative estimate of drug-likeness (QED) is 0.155. The first-order valence-electron chi connectivity index (χ1n) is 26.8. The fraction of sp³-hybridized carbons (Fsp3) is 0.265. The van der Waals surface area contributed by atoms with Crippen LogP contribution < -0.4 is 4.90 Å². The average Bonchev–Trinajstić information content (AvgIpc) is 4.16. The first-order chi connectivity index (χ1) is 34.7. The zero-order valence-electron chi connectivity index (χ0n) is 39.9. The molecule has 7 atom stereocenters. The van der Waals surface area contributed by atoms with Crippen molar-refractivity contribution in [2.24, 2.45) is 35.0 Å². The number of benzene rings is 8. The minimum absolute atomic E-state index is 0.134. The topological polar surface area (TPSA) is 8.17 Å². The van der Waals surface area contributed by atoms with Gasteiger partial charge >= 0.3 is 0 Å². The average molecular weight is 903 g/mol. The Morgan fingerprint density at radius 3 is 2.07 bits per heavy atom. The van der Waals surface area contributed by atoms with Gasteiger partial charge in [0.15, 0.2) is 0 Å². The van der Waals surface area contributed by atoms with Crippen molar-refractivity contribution in [2.45, 2.75) is 75.5 Å². The molecule has 2 spiro atoms. The predicted molar refractivity (Wildman–Crippen MR) is 290 cm³/mol. The van der Waals surface area contributed by atoms with E-state index >= 15 is 0 Å². The number of nitrogens with zero attached hydrogens (tertiary/aromatic N) is 2. The molecule has 7 aliphatic carbocycles. The lowest BCUT2D eigenvalue weighted by Gasteiger charge is -2.76. The molecule has 0 amide bonds. The molecule has 7 aliphatic rings. The molecule has 2 bridgehead atoms. The molecule has 1 aromatic heterocycles. The largest absolute Gasteiger partial charge is 0.309 e. The van der Waals surface area contributed by atoms with Crippen LogP contribution >= 0.6 is 0 Å². The van der Waals surface area contributed by atoms with Gasteiger partial charge in [0.2, 0.25) is 0 Å². The van der Waals surface area contributed by atoms with E-state index in [2.05, 4.69) is 204 Å². The highest BCUT2D eigenvalue weighted by molar-refractivity contribution is 6.17. The van der Waals surface area contributed by atoms with Gasteiger partial charge < -0.3 is 9.47 Å². The van der Waals surface area contributed by atoms with Crippen LogP contribution in [-0.2, 0) is 5.41 Å². The number of allylic oxidation sites excluding steroid dienone is 1. The third-order valence-electron chi connectivity index (χ3n) is 19.9. The van der Waals surface area contributed by atoms with Crippen LogP contribution in [0, 0.1) is 35.0 Å². The summed E-state index contributed by atoms with van der Waals surface area (Å²) in [7, 11) is 0. The van der Waals surface area contributed by atoms with Gasteiger partial charge in [0.05, 0.1) is 28.1 Å². The summed E-state index contributed by atoms with van der Waals surface area (Å²) in [6.07, 6.45) is 18.5. The van der Waals surface area contributed by atoms with Crippen LogP contribution in [0.2, 0.25) is 0 Å². The Morgan fingerprint density at radius 1 is 0.514 bits per heavy atom. The lowest BCUT2D eigenvalue weighted by Crippen LogP contribution is -2.73. The van der Waals surface area contributed by atoms with Crippen molar-refractivity contribution < 1.29 is 0 Å². The van der Waals surface area contributed by atoms with Gasteiger partial charge in [-0.1, -0.05) is 165 Å². The number of para-hydroxylation sites is 4. The zero-order valence-corrected chi connectivity index (χ0v) is 39.9. The molecule has 0 N–H and O–H groups in total. The Balaban J connectivity index is 0.944. The third kappa shape index (κ3) is 5.15. The molecule has 8 aromatic carbocycles. The molecule has 5 fully saturated rings. The second-order valence-corrected chi connectivity index (χ2v) is 22.5. The van der Waals surface area contributed by atoms with Crippen LogP contribution in [0.25, 0.3) is 66.9 Å². The van der Waals surface area contributed by atoms with Crippen molar-refractivity contribution in [1.82, 2.24) is 4.57 Å². The SMILES string of the molecule is C1=Cc2cccc(-c3ccccc3N(c3ccccc3-c3ccc4c(c3)C3(c5ccccc5-4)C4CC5CC6CC3C64C5)c3cccc4c3c3ccccc3n4-c3ccccc3)c2C(C2CCCCC2)C1. The minimum atomic E-state index is 0.134. The molecule has 2 heteroatoms. The molecule has 0 saturated heterocycles. The minimum Gasteiger partial charge on any atom is -0.309 e. The molecule has 70 heavy (non-hydrogen) atoms. The Labute approximate surface area is 412 Å². The predicted octanol–water partition coefficient (Wildman–Crippen LogP) is 18.0. The summed E-state index contributed by atoms with van der Waals surface area (Å²) in [5.74, 6) is 4.65. The molecule has 2 nitrogen and oxygen atoms in total. The van der Waals surface area contributed by atoms with E-state index in [4.69, 9.17) is 0 Å². The lowest BCUT2D eigenvalue weighted by atomic mass is 9.27. The molecule has 340 valence electrons. The standard InChI is InChI=1S/C68H58N2/c1-3-18-44(19-4-1)50-28-15-20-45-21-16-29-54(65(45)50)53-26-9-13-32-59(53)70(62-35-17-34-61-66(62)55-27-10-14-33-60(55)69(61)48-22-5-2-6-23-48)58-31-12-8-24-49(58)46-36-37-52-51-25-7-11-30-56(51)68(57(52)40-46)63-39-43-38-47-41-64(68)67(47,63)42-43/h2,5-17,20-27,29-37,40,43-44,47,50,63-64H,1,3-4,18-19,28,38-39,41-42H2. The Bertz CT molecular complexity index is 3640. The molecule has 7 unspecified atom stereocenters. The molecule has 0 aliphatic heterocycles. The maximum Gasteiger partial charge on any atom is 0.0562 e. The van der Waals surface area contributed by atoms with Crippen LogP contribution in [-0.4, -0.2) is 4.57 Å². The summed E-state index contributed by atoms with van der Waals surface area (Å²) in [4.78, 5) is 2.67. The maximum atomic E-state index is 2.70. The van der Waals surface area contributed by atoms with Gasteiger partial charge in [-0.15, -0.1) is 0 Å². The van der Waals surface area contributed by atoms with E-state index in [0.717, 1.165) is 30.1 Å². The van der Waals surface area contributed by atoms with Gasteiger partial charge in [0, 0.05) is 33.0 Å². The van der Waals surface area contributed by atoms with Crippen LogP contribution in [0.5, 0.6) is 0 Å². The molecular formula is C68H58N2. The van der Waals surface area contributed by atoms with E-state index in [1.165, 1.54) is 141 Å². The van der Waals surface area contributed by atoms with Crippen molar-refractivity contribution in [3.8, 4) is 39.1 Å². The second-order valence-electron chi connectivity index (χ2n) is 22.5. The third-order valence-corrected chi connectivity index (χ3v) is 19.9. The summed E-state index contributed by atoms with van der Waals surface area (Å²) in [5.41, 5.74) is 22.4. The number of anilines is 3. The summed E-state index contributed by atoms with van der Waals surface area (Å²) < 4.78 is 2.47. The molecule has 5 saturated carbocycles. The van der Waals surface area contributed by atoms with Crippen LogP contribution in [0.4, 0.5) is 17.1 Å². The van der Waals surface area contributed by atoms with E-state index in [1.807, 2.05) is 0 Å². The van der Waals surface area contributed by atoms with E-state index in [0.29, 0.717) is 17.3 Å². The monoisotopic (exact) mass is 902 g/mol. The number of hydrogen-bond acceptors (Lipinski definition) is 1. The Kier molecular flexibility index (Phi) is 8.44.